The summed E-state index contributed by atoms with van der Waals surface area (Å²) in [7, 11) is 1.62. The van der Waals surface area contributed by atoms with Crippen LogP contribution in [0.1, 0.15) is 24.8 Å². The maximum Gasteiger partial charge on any atom is 0.165 e. The number of hydrogen-bond acceptors (Lipinski definition) is 6. The zero-order chi connectivity index (χ0) is 21.1. The number of halogens is 2. The zero-order valence-electron chi connectivity index (χ0n) is 16.6. The van der Waals surface area contributed by atoms with Crippen LogP contribution in [-0.4, -0.2) is 40.9 Å². The van der Waals surface area contributed by atoms with Gasteiger partial charge in [-0.05, 0) is 37.6 Å². The van der Waals surface area contributed by atoms with E-state index in [0.29, 0.717) is 24.3 Å². The molecule has 0 bridgehead atoms. The van der Waals surface area contributed by atoms with E-state index < -0.39 is 5.82 Å². The summed E-state index contributed by atoms with van der Waals surface area (Å²) in [6.07, 6.45) is 5.01. The van der Waals surface area contributed by atoms with Gasteiger partial charge in [0.15, 0.2) is 5.82 Å². The third kappa shape index (κ3) is 4.08. The number of rotatable bonds is 7. The van der Waals surface area contributed by atoms with E-state index in [1.54, 1.807) is 19.2 Å². The minimum atomic E-state index is -0.534. The Kier molecular flexibility index (Phi) is 6.11. The molecule has 1 atom stereocenters. The number of fused-ring (bicyclic) bond motifs is 1. The zero-order valence-corrected chi connectivity index (χ0v) is 17.3. The van der Waals surface area contributed by atoms with E-state index in [1.807, 2.05) is 12.1 Å². The lowest BCUT2D eigenvalue weighted by Gasteiger charge is -2.24. The first-order valence-electron chi connectivity index (χ1n) is 9.81. The number of carbonyl (C=O) groups is 1. The Hall–Kier alpha value is -2.77. The number of anilines is 2. The maximum atomic E-state index is 14.4. The van der Waals surface area contributed by atoms with Gasteiger partial charge >= 0.3 is 0 Å². The summed E-state index contributed by atoms with van der Waals surface area (Å²) in [6, 6.07) is 8.84. The second kappa shape index (κ2) is 8.93. The predicted molar refractivity (Wildman–Crippen MR) is 115 cm³/mol. The maximum absolute atomic E-state index is 14.4. The third-order valence-electron chi connectivity index (χ3n) is 5.48. The summed E-state index contributed by atoms with van der Waals surface area (Å²) >= 11 is 5.90. The molecule has 3 aromatic rings. The van der Waals surface area contributed by atoms with Gasteiger partial charge in [-0.2, -0.15) is 0 Å². The van der Waals surface area contributed by atoms with E-state index in [0.717, 1.165) is 42.4 Å². The summed E-state index contributed by atoms with van der Waals surface area (Å²) in [6.45, 7) is 1.58. The van der Waals surface area contributed by atoms with Gasteiger partial charge in [0.2, 0.25) is 0 Å². The minimum Gasteiger partial charge on any atom is -0.496 e. The van der Waals surface area contributed by atoms with E-state index in [-0.39, 0.29) is 16.8 Å². The molecule has 1 saturated heterocycles. The monoisotopic (exact) mass is 428 g/mol. The molecule has 1 aliphatic rings. The fourth-order valence-electron chi connectivity index (χ4n) is 3.97. The van der Waals surface area contributed by atoms with Crippen LogP contribution in [0.2, 0.25) is 5.02 Å². The number of aromatic nitrogens is 2. The molecule has 0 amide bonds. The van der Waals surface area contributed by atoms with Crippen LogP contribution in [0.15, 0.2) is 36.7 Å². The molecule has 1 aliphatic heterocycles. The fourth-order valence-corrected chi connectivity index (χ4v) is 4.14. The quantitative estimate of drug-likeness (QED) is 0.549. The van der Waals surface area contributed by atoms with Gasteiger partial charge in [-0.1, -0.05) is 17.7 Å². The second-order valence-corrected chi connectivity index (χ2v) is 7.71. The third-order valence-corrected chi connectivity index (χ3v) is 5.77. The van der Waals surface area contributed by atoms with Crippen molar-refractivity contribution in [2.45, 2.75) is 31.8 Å². The first-order chi connectivity index (χ1) is 14.6. The number of nitrogens with zero attached hydrogens (tertiary/aromatic N) is 3. The normalized spacial score (nSPS) is 16.7. The molecule has 0 aliphatic carbocycles. The van der Waals surface area contributed by atoms with Crippen LogP contribution in [-0.2, 0) is 11.3 Å². The van der Waals surface area contributed by atoms with Crippen molar-refractivity contribution in [1.29, 1.82) is 0 Å². The van der Waals surface area contributed by atoms with Crippen LogP contribution in [0.4, 0.5) is 15.9 Å². The van der Waals surface area contributed by atoms with Gasteiger partial charge in [0.25, 0.3) is 0 Å². The summed E-state index contributed by atoms with van der Waals surface area (Å²) < 4.78 is 20.0. The molecule has 0 radical (unpaired) electrons. The lowest BCUT2D eigenvalue weighted by Crippen LogP contribution is -2.29. The van der Waals surface area contributed by atoms with E-state index in [2.05, 4.69) is 20.2 Å². The van der Waals surface area contributed by atoms with Crippen LogP contribution >= 0.6 is 11.6 Å². The van der Waals surface area contributed by atoms with Gasteiger partial charge in [0.05, 0.1) is 23.3 Å². The molecule has 2 heterocycles. The lowest BCUT2D eigenvalue weighted by molar-refractivity contribution is -0.108. The number of benzene rings is 2. The molecule has 0 unspecified atom stereocenters. The number of hydrogen-bond donors (Lipinski definition) is 1. The Bertz CT molecular complexity index is 1080. The number of carbonyl (C=O) groups excluding carboxylic acids is 1. The highest BCUT2D eigenvalue weighted by Gasteiger charge is 2.25. The molecule has 156 valence electrons. The highest BCUT2D eigenvalue weighted by molar-refractivity contribution is 6.31. The van der Waals surface area contributed by atoms with Crippen molar-refractivity contribution < 1.29 is 13.9 Å². The minimum absolute atomic E-state index is 0.0379. The second-order valence-electron chi connectivity index (χ2n) is 7.30. The van der Waals surface area contributed by atoms with Crippen molar-refractivity contribution in [2.75, 3.05) is 19.0 Å². The standard InChI is InChI=1S/C22H22ClFN4O2/c1-30-20-11-19-16(10-14(20)12-28-8-3-4-15(28)7-9-29)22(26-13-25-19)27-18-6-2-5-17(23)21(18)24/h2,5-6,9-11,13,15H,3-4,7-8,12H2,1H3,(H,25,26,27)/t15-/m0/s1. The number of nitrogens with one attached hydrogen (secondary N) is 1. The van der Waals surface area contributed by atoms with E-state index in [4.69, 9.17) is 16.3 Å². The molecule has 0 saturated carbocycles. The Balaban J connectivity index is 1.72. The molecule has 6 nitrogen and oxygen atoms in total. The van der Waals surface area contributed by atoms with E-state index in [9.17, 15) is 9.18 Å². The molecule has 8 heteroatoms. The first-order valence-corrected chi connectivity index (χ1v) is 10.2. The highest BCUT2D eigenvalue weighted by atomic mass is 35.5. The van der Waals surface area contributed by atoms with Crippen molar-refractivity contribution in [1.82, 2.24) is 14.9 Å². The summed E-state index contributed by atoms with van der Waals surface area (Å²) in [5, 5.41) is 3.82. The van der Waals surface area contributed by atoms with Crippen LogP contribution in [0.3, 0.4) is 0 Å². The molecule has 1 N–H and O–H groups in total. The van der Waals surface area contributed by atoms with Gasteiger partial charge in [-0.25, -0.2) is 14.4 Å². The van der Waals surface area contributed by atoms with Crippen LogP contribution < -0.4 is 10.1 Å². The number of likely N-dealkylation sites (tertiary alicyclic amines) is 1. The van der Waals surface area contributed by atoms with Gasteiger partial charge in [0, 0.05) is 36.0 Å². The molecular weight excluding hydrogens is 407 g/mol. The largest absolute Gasteiger partial charge is 0.496 e. The topological polar surface area (TPSA) is 67.4 Å². The smallest absolute Gasteiger partial charge is 0.165 e. The number of methoxy groups -OCH3 is 1. The van der Waals surface area contributed by atoms with Crippen molar-refractivity contribution in [3.63, 3.8) is 0 Å². The molecule has 1 aromatic heterocycles. The molecule has 30 heavy (non-hydrogen) atoms. The van der Waals surface area contributed by atoms with Gasteiger partial charge < -0.3 is 14.8 Å². The average Bonchev–Trinajstić information content (AvgIpc) is 3.18. The van der Waals surface area contributed by atoms with E-state index in [1.165, 1.54) is 12.4 Å². The number of ether oxygens (including phenoxy) is 1. The summed E-state index contributed by atoms with van der Waals surface area (Å²) in [5.41, 5.74) is 1.89. The first kappa shape index (κ1) is 20.5. The lowest BCUT2D eigenvalue weighted by atomic mass is 10.1. The van der Waals surface area contributed by atoms with Crippen molar-refractivity contribution in [3.8, 4) is 5.75 Å². The fraction of sp³-hybridized carbons (Fsp3) is 0.318. The van der Waals surface area contributed by atoms with Gasteiger partial charge in [-0.3, -0.25) is 4.90 Å². The SMILES string of the molecule is COc1cc2ncnc(Nc3cccc(Cl)c3F)c2cc1CN1CCC[C@H]1CC=O. The van der Waals surface area contributed by atoms with Gasteiger partial charge in [-0.15, -0.1) is 0 Å². The van der Waals surface area contributed by atoms with Crippen LogP contribution in [0.25, 0.3) is 10.9 Å². The predicted octanol–water partition coefficient (Wildman–Crippen LogP) is 4.73. The molecule has 1 fully saturated rings. The Morgan fingerprint density at radius 3 is 3.03 bits per heavy atom. The summed E-state index contributed by atoms with van der Waals surface area (Å²) in [4.78, 5) is 22.0. The Labute approximate surface area is 179 Å². The average molecular weight is 429 g/mol. The van der Waals surface area contributed by atoms with Crippen molar-refractivity contribution in [2.24, 2.45) is 0 Å². The van der Waals surface area contributed by atoms with Crippen LogP contribution in [0, 0.1) is 5.82 Å². The highest BCUT2D eigenvalue weighted by Crippen LogP contribution is 2.33. The Morgan fingerprint density at radius 2 is 2.23 bits per heavy atom. The summed E-state index contributed by atoms with van der Waals surface area (Å²) in [5.74, 6) is 0.669. The molecule has 4 rings (SSSR count). The van der Waals surface area contributed by atoms with Crippen molar-refractivity contribution >= 4 is 40.3 Å². The van der Waals surface area contributed by atoms with E-state index >= 15 is 0 Å². The van der Waals surface area contributed by atoms with Crippen LogP contribution in [0.5, 0.6) is 5.75 Å². The molecular formula is C22H22ClFN4O2. The van der Waals surface area contributed by atoms with Gasteiger partial charge in [0.1, 0.15) is 24.2 Å². The number of aldehydes is 1. The van der Waals surface area contributed by atoms with Crippen molar-refractivity contribution in [3.05, 3.63) is 53.1 Å². The Morgan fingerprint density at radius 1 is 1.37 bits per heavy atom. The molecule has 0 spiro atoms. The molecule has 2 aromatic carbocycles.